The molecular weight excluding hydrogens is 296 g/mol. The molecule has 1 saturated carbocycles. The van der Waals surface area contributed by atoms with E-state index in [0.717, 1.165) is 23.4 Å². The molecule has 0 atom stereocenters. The molecule has 1 heterocycles. The highest BCUT2D eigenvalue weighted by Crippen LogP contribution is 2.26. The SMILES string of the molecule is Clc1ccc(SCc2ncc(CNC3CC3)s2)cc1. The Hall–Kier alpha value is -0.550. The van der Waals surface area contributed by atoms with Crippen molar-refractivity contribution in [3.8, 4) is 0 Å². The Morgan fingerprint density at radius 2 is 2.11 bits per heavy atom. The average molecular weight is 311 g/mol. The quantitative estimate of drug-likeness (QED) is 0.803. The fraction of sp³-hybridized carbons (Fsp3) is 0.357. The van der Waals surface area contributed by atoms with Crippen molar-refractivity contribution in [2.75, 3.05) is 0 Å². The fourth-order valence-electron chi connectivity index (χ4n) is 1.70. The van der Waals surface area contributed by atoms with Crippen LogP contribution in [0.5, 0.6) is 0 Å². The monoisotopic (exact) mass is 310 g/mol. The number of nitrogens with zero attached hydrogens (tertiary/aromatic N) is 1. The van der Waals surface area contributed by atoms with Crippen molar-refractivity contribution in [3.05, 3.63) is 45.4 Å². The Bertz CT molecular complexity index is 535. The van der Waals surface area contributed by atoms with Crippen LogP contribution in [0.2, 0.25) is 5.02 Å². The van der Waals surface area contributed by atoms with E-state index in [9.17, 15) is 0 Å². The topological polar surface area (TPSA) is 24.9 Å². The molecule has 1 aliphatic carbocycles. The van der Waals surface area contributed by atoms with Gasteiger partial charge >= 0.3 is 0 Å². The highest BCUT2D eigenvalue weighted by atomic mass is 35.5. The van der Waals surface area contributed by atoms with Gasteiger partial charge in [-0.25, -0.2) is 4.98 Å². The summed E-state index contributed by atoms with van der Waals surface area (Å²) >= 11 is 9.48. The van der Waals surface area contributed by atoms with Crippen LogP contribution in [0, 0.1) is 0 Å². The number of hydrogen-bond donors (Lipinski definition) is 1. The third-order valence-corrected chi connectivity index (χ3v) is 5.37. The van der Waals surface area contributed by atoms with Crippen LogP contribution in [0.15, 0.2) is 35.4 Å². The van der Waals surface area contributed by atoms with Crippen LogP contribution in [0.1, 0.15) is 22.7 Å². The van der Waals surface area contributed by atoms with E-state index in [4.69, 9.17) is 11.6 Å². The molecule has 0 bridgehead atoms. The summed E-state index contributed by atoms with van der Waals surface area (Å²) in [6.45, 7) is 0.966. The third-order valence-electron chi connectivity index (χ3n) is 2.92. The molecule has 2 aromatic rings. The van der Waals surface area contributed by atoms with Crippen LogP contribution in [0.4, 0.5) is 0 Å². The minimum atomic E-state index is 0.758. The van der Waals surface area contributed by atoms with Crippen molar-refractivity contribution in [2.45, 2.75) is 36.1 Å². The van der Waals surface area contributed by atoms with E-state index in [2.05, 4.69) is 22.4 Å². The van der Waals surface area contributed by atoms with E-state index in [1.54, 1.807) is 23.1 Å². The molecule has 1 fully saturated rings. The van der Waals surface area contributed by atoms with Crippen molar-refractivity contribution in [3.63, 3.8) is 0 Å². The standard InChI is InChI=1S/C14H15ClN2S2/c15-10-1-5-12(6-2-10)18-9-14-17-8-13(19-14)7-16-11-3-4-11/h1-2,5-6,8,11,16H,3-4,7,9H2. The van der Waals surface area contributed by atoms with Gasteiger partial charge in [0.25, 0.3) is 0 Å². The number of thiazole rings is 1. The predicted molar refractivity (Wildman–Crippen MR) is 83.0 cm³/mol. The number of nitrogens with one attached hydrogen (secondary N) is 1. The second-order valence-corrected chi connectivity index (χ2v) is 7.30. The number of thioether (sulfide) groups is 1. The Balaban J connectivity index is 1.50. The minimum Gasteiger partial charge on any atom is -0.309 e. The molecule has 1 aliphatic rings. The maximum Gasteiger partial charge on any atom is 0.103 e. The van der Waals surface area contributed by atoms with E-state index in [-0.39, 0.29) is 0 Å². The molecule has 100 valence electrons. The van der Waals surface area contributed by atoms with Crippen LogP contribution in [-0.4, -0.2) is 11.0 Å². The zero-order chi connectivity index (χ0) is 13.1. The summed E-state index contributed by atoms with van der Waals surface area (Å²) in [7, 11) is 0. The molecule has 19 heavy (non-hydrogen) atoms. The maximum atomic E-state index is 5.87. The van der Waals surface area contributed by atoms with E-state index >= 15 is 0 Å². The van der Waals surface area contributed by atoms with E-state index < -0.39 is 0 Å². The predicted octanol–water partition coefficient (Wildman–Crippen LogP) is 4.34. The first-order chi connectivity index (χ1) is 9.29. The van der Waals surface area contributed by atoms with Gasteiger partial charge in [-0.3, -0.25) is 0 Å². The van der Waals surface area contributed by atoms with Gasteiger partial charge in [0.1, 0.15) is 5.01 Å². The van der Waals surface area contributed by atoms with E-state index in [0.29, 0.717) is 0 Å². The molecule has 0 aliphatic heterocycles. The fourth-order valence-corrected chi connectivity index (χ4v) is 3.61. The van der Waals surface area contributed by atoms with E-state index in [1.165, 1.54) is 27.6 Å². The summed E-state index contributed by atoms with van der Waals surface area (Å²) < 4.78 is 0. The van der Waals surface area contributed by atoms with Gasteiger partial charge in [0.2, 0.25) is 0 Å². The van der Waals surface area contributed by atoms with Gasteiger partial charge in [-0.1, -0.05) is 11.6 Å². The molecule has 1 aromatic carbocycles. The number of aromatic nitrogens is 1. The molecule has 1 N–H and O–H groups in total. The van der Waals surface area contributed by atoms with Gasteiger partial charge in [-0.05, 0) is 37.1 Å². The van der Waals surface area contributed by atoms with Gasteiger partial charge in [0.15, 0.2) is 0 Å². The van der Waals surface area contributed by atoms with Gasteiger partial charge in [0.05, 0.1) is 5.75 Å². The lowest BCUT2D eigenvalue weighted by Gasteiger charge is -1.99. The zero-order valence-electron chi connectivity index (χ0n) is 10.4. The molecule has 0 amide bonds. The van der Waals surface area contributed by atoms with Gasteiger partial charge in [-0.15, -0.1) is 23.1 Å². The molecule has 0 unspecified atom stereocenters. The van der Waals surface area contributed by atoms with Crippen molar-refractivity contribution < 1.29 is 0 Å². The van der Waals surface area contributed by atoms with Gasteiger partial charge in [0, 0.05) is 33.6 Å². The Morgan fingerprint density at radius 3 is 2.84 bits per heavy atom. The average Bonchev–Trinajstić information content (AvgIpc) is 3.15. The second kappa shape index (κ2) is 6.27. The first kappa shape index (κ1) is 13.4. The first-order valence-corrected chi connectivity index (χ1v) is 8.53. The normalized spacial score (nSPS) is 14.8. The largest absolute Gasteiger partial charge is 0.309 e. The van der Waals surface area contributed by atoms with Crippen LogP contribution in [0.3, 0.4) is 0 Å². The van der Waals surface area contributed by atoms with Gasteiger partial charge < -0.3 is 5.32 Å². The molecule has 2 nitrogen and oxygen atoms in total. The molecule has 3 rings (SSSR count). The van der Waals surface area contributed by atoms with Crippen LogP contribution in [-0.2, 0) is 12.3 Å². The maximum absolute atomic E-state index is 5.87. The summed E-state index contributed by atoms with van der Waals surface area (Å²) in [6.07, 6.45) is 4.66. The van der Waals surface area contributed by atoms with Crippen LogP contribution >= 0.6 is 34.7 Å². The number of hydrogen-bond acceptors (Lipinski definition) is 4. The molecule has 0 saturated heterocycles. The van der Waals surface area contributed by atoms with Crippen LogP contribution in [0.25, 0.3) is 0 Å². The minimum absolute atomic E-state index is 0.758. The Labute approximate surface area is 126 Å². The number of halogens is 1. The van der Waals surface area contributed by atoms with Gasteiger partial charge in [-0.2, -0.15) is 0 Å². The summed E-state index contributed by atoms with van der Waals surface area (Å²) in [5, 5.41) is 5.49. The molecular formula is C14H15ClN2S2. The first-order valence-electron chi connectivity index (χ1n) is 6.35. The number of benzene rings is 1. The second-order valence-electron chi connectivity index (χ2n) is 4.62. The van der Waals surface area contributed by atoms with E-state index in [1.807, 2.05) is 18.3 Å². The molecule has 0 spiro atoms. The van der Waals surface area contributed by atoms with Crippen molar-refractivity contribution >= 4 is 34.7 Å². The summed E-state index contributed by atoms with van der Waals surface area (Å²) in [4.78, 5) is 7.04. The molecule has 1 aromatic heterocycles. The summed E-state index contributed by atoms with van der Waals surface area (Å²) in [6, 6.07) is 8.72. The smallest absolute Gasteiger partial charge is 0.103 e. The summed E-state index contributed by atoms with van der Waals surface area (Å²) in [5.74, 6) is 0.926. The van der Waals surface area contributed by atoms with Crippen LogP contribution < -0.4 is 5.32 Å². The van der Waals surface area contributed by atoms with Crippen molar-refractivity contribution in [1.82, 2.24) is 10.3 Å². The Morgan fingerprint density at radius 1 is 1.32 bits per heavy atom. The number of rotatable bonds is 6. The Kier molecular flexibility index (Phi) is 4.43. The lowest BCUT2D eigenvalue weighted by molar-refractivity contribution is 0.694. The lowest BCUT2D eigenvalue weighted by Crippen LogP contribution is -2.14. The lowest BCUT2D eigenvalue weighted by atomic mass is 10.4. The highest BCUT2D eigenvalue weighted by molar-refractivity contribution is 7.98. The molecule has 0 radical (unpaired) electrons. The third kappa shape index (κ3) is 4.21. The van der Waals surface area contributed by atoms with Crippen molar-refractivity contribution in [2.24, 2.45) is 0 Å². The van der Waals surface area contributed by atoms with Crippen molar-refractivity contribution in [1.29, 1.82) is 0 Å². The zero-order valence-corrected chi connectivity index (χ0v) is 12.8. The molecule has 5 heteroatoms. The highest BCUT2D eigenvalue weighted by Gasteiger charge is 2.20. The summed E-state index contributed by atoms with van der Waals surface area (Å²) in [5.41, 5.74) is 0.